The van der Waals surface area contributed by atoms with Gasteiger partial charge in [0, 0.05) is 36.7 Å². The number of rotatable bonds is 4. The van der Waals surface area contributed by atoms with Crippen LogP contribution in [0.1, 0.15) is 31.0 Å². The average Bonchev–Trinajstić information content (AvgIpc) is 2.41. The zero-order valence-corrected chi connectivity index (χ0v) is 12.0. The molecule has 20 heavy (non-hydrogen) atoms. The van der Waals surface area contributed by atoms with E-state index in [1.807, 2.05) is 43.5 Å². The van der Waals surface area contributed by atoms with E-state index in [-0.39, 0.29) is 11.9 Å². The monoisotopic (exact) mass is 269 g/mol. The first-order valence-corrected chi connectivity index (χ1v) is 6.61. The van der Waals surface area contributed by atoms with E-state index in [0.717, 1.165) is 22.5 Å². The van der Waals surface area contributed by atoms with Crippen LogP contribution >= 0.6 is 0 Å². The molecule has 4 nitrogen and oxygen atoms in total. The van der Waals surface area contributed by atoms with Crippen LogP contribution < -0.4 is 10.6 Å². The minimum atomic E-state index is -0.0623. The number of nitrogens with one attached hydrogen (secondary N) is 2. The normalized spacial score (nSPS) is 11.8. The number of aromatic nitrogens is 1. The maximum Gasteiger partial charge on any atom is 0.221 e. The van der Waals surface area contributed by atoms with Gasteiger partial charge in [-0.1, -0.05) is 12.1 Å². The molecule has 0 saturated carbocycles. The molecular formula is C16H19N3O. The summed E-state index contributed by atoms with van der Waals surface area (Å²) in [7, 11) is 0. The van der Waals surface area contributed by atoms with Gasteiger partial charge in [0.05, 0.1) is 0 Å². The summed E-state index contributed by atoms with van der Waals surface area (Å²) in [6.07, 6.45) is 3.61. The Labute approximate surface area is 119 Å². The molecule has 0 aliphatic heterocycles. The molecule has 0 spiro atoms. The van der Waals surface area contributed by atoms with Crippen molar-refractivity contribution in [3.63, 3.8) is 0 Å². The van der Waals surface area contributed by atoms with Crippen LogP contribution in [0.3, 0.4) is 0 Å². The van der Waals surface area contributed by atoms with E-state index in [1.165, 1.54) is 6.92 Å². The second-order valence-corrected chi connectivity index (χ2v) is 4.86. The molecule has 0 saturated heterocycles. The van der Waals surface area contributed by atoms with Gasteiger partial charge in [0.1, 0.15) is 0 Å². The highest BCUT2D eigenvalue weighted by Gasteiger charge is 2.08. The zero-order valence-electron chi connectivity index (χ0n) is 12.0. The number of hydrogen-bond acceptors (Lipinski definition) is 3. The van der Waals surface area contributed by atoms with E-state index in [0.29, 0.717) is 0 Å². The highest BCUT2D eigenvalue weighted by Crippen LogP contribution is 2.23. The predicted octanol–water partition coefficient (Wildman–Crippen LogP) is 3.52. The van der Waals surface area contributed by atoms with Crippen LogP contribution in [0.2, 0.25) is 0 Å². The van der Waals surface area contributed by atoms with Crippen molar-refractivity contribution < 1.29 is 4.79 Å². The number of aryl methyl sites for hydroxylation is 1. The van der Waals surface area contributed by atoms with Gasteiger partial charge in [-0.05, 0) is 43.2 Å². The van der Waals surface area contributed by atoms with Crippen molar-refractivity contribution in [1.29, 1.82) is 0 Å². The molecule has 0 radical (unpaired) electrons. The van der Waals surface area contributed by atoms with Gasteiger partial charge in [-0.25, -0.2) is 0 Å². The van der Waals surface area contributed by atoms with Crippen molar-refractivity contribution in [2.45, 2.75) is 26.8 Å². The zero-order chi connectivity index (χ0) is 14.5. The molecule has 2 aromatic rings. The topological polar surface area (TPSA) is 54.0 Å². The lowest BCUT2D eigenvalue weighted by atomic mass is 10.1. The summed E-state index contributed by atoms with van der Waals surface area (Å²) in [6, 6.07) is 9.95. The number of hydrogen-bond donors (Lipinski definition) is 2. The molecule has 104 valence electrons. The fourth-order valence-electron chi connectivity index (χ4n) is 2.04. The molecule has 1 aromatic heterocycles. The number of carbonyl (C=O) groups is 1. The van der Waals surface area contributed by atoms with Crippen molar-refractivity contribution in [1.82, 2.24) is 4.98 Å². The Morgan fingerprint density at radius 3 is 2.80 bits per heavy atom. The number of nitrogens with zero attached hydrogens (tertiary/aromatic N) is 1. The second kappa shape index (κ2) is 6.19. The van der Waals surface area contributed by atoms with Crippen LogP contribution in [0.4, 0.5) is 11.4 Å². The SMILES string of the molecule is CC(=O)Nc1cccc(C(C)Nc2ccncc2C)c1. The molecule has 1 heterocycles. The number of anilines is 2. The summed E-state index contributed by atoms with van der Waals surface area (Å²) in [5.41, 5.74) is 4.11. The second-order valence-electron chi connectivity index (χ2n) is 4.86. The quantitative estimate of drug-likeness (QED) is 0.893. The summed E-state index contributed by atoms with van der Waals surface area (Å²) in [5.74, 6) is -0.0623. The first-order valence-electron chi connectivity index (χ1n) is 6.61. The first-order chi connectivity index (χ1) is 9.56. The van der Waals surface area contributed by atoms with Crippen LogP contribution in [0, 0.1) is 6.92 Å². The van der Waals surface area contributed by atoms with Crippen LogP contribution in [0.5, 0.6) is 0 Å². The molecule has 1 atom stereocenters. The Balaban J connectivity index is 2.15. The van der Waals surface area contributed by atoms with E-state index in [2.05, 4.69) is 22.5 Å². The van der Waals surface area contributed by atoms with Crippen molar-refractivity contribution in [2.75, 3.05) is 10.6 Å². The van der Waals surface area contributed by atoms with Gasteiger partial charge in [0.15, 0.2) is 0 Å². The smallest absolute Gasteiger partial charge is 0.221 e. The first kappa shape index (κ1) is 14.1. The van der Waals surface area contributed by atoms with Crippen LogP contribution in [-0.4, -0.2) is 10.9 Å². The van der Waals surface area contributed by atoms with Crippen molar-refractivity contribution in [2.24, 2.45) is 0 Å². The maximum absolute atomic E-state index is 11.1. The van der Waals surface area contributed by atoms with Crippen LogP contribution in [0.15, 0.2) is 42.7 Å². The third kappa shape index (κ3) is 3.57. The Kier molecular flexibility index (Phi) is 4.35. The lowest BCUT2D eigenvalue weighted by Gasteiger charge is -2.18. The van der Waals surface area contributed by atoms with Gasteiger partial charge in [-0.15, -0.1) is 0 Å². The Bertz CT molecular complexity index is 610. The lowest BCUT2D eigenvalue weighted by molar-refractivity contribution is -0.114. The molecular weight excluding hydrogens is 250 g/mol. The largest absolute Gasteiger partial charge is 0.378 e. The highest BCUT2D eigenvalue weighted by molar-refractivity contribution is 5.88. The Morgan fingerprint density at radius 2 is 2.10 bits per heavy atom. The molecule has 0 aliphatic carbocycles. The van der Waals surface area contributed by atoms with E-state index in [1.54, 1.807) is 6.20 Å². The van der Waals surface area contributed by atoms with Gasteiger partial charge in [0.25, 0.3) is 0 Å². The van der Waals surface area contributed by atoms with Gasteiger partial charge in [-0.2, -0.15) is 0 Å². The van der Waals surface area contributed by atoms with Crippen LogP contribution in [0.25, 0.3) is 0 Å². The standard InChI is InChI=1S/C16H19N3O/c1-11-10-17-8-7-16(11)18-12(2)14-5-4-6-15(9-14)19-13(3)20/h4-10,12H,1-3H3,(H,17,18)(H,19,20). The summed E-state index contributed by atoms with van der Waals surface area (Å²) >= 11 is 0. The van der Waals surface area contributed by atoms with E-state index >= 15 is 0 Å². The number of amides is 1. The van der Waals surface area contributed by atoms with Crippen molar-refractivity contribution >= 4 is 17.3 Å². The Hall–Kier alpha value is -2.36. The number of pyridine rings is 1. The molecule has 0 bridgehead atoms. The van der Waals surface area contributed by atoms with Crippen molar-refractivity contribution in [3.8, 4) is 0 Å². The molecule has 4 heteroatoms. The van der Waals surface area contributed by atoms with E-state index in [9.17, 15) is 4.79 Å². The lowest BCUT2D eigenvalue weighted by Crippen LogP contribution is -2.10. The summed E-state index contributed by atoms with van der Waals surface area (Å²) in [6.45, 7) is 5.62. The van der Waals surface area contributed by atoms with Gasteiger partial charge in [-0.3, -0.25) is 9.78 Å². The highest BCUT2D eigenvalue weighted by atomic mass is 16.1. The number of carbonyl (C=O) groups excluding carboxylic acids is 1. The minimum absolute atomic E-state index is 0.0623. The maximum atomic E-state index is 11.1. The molecule has 0 fully saturated rings. The molecule has 0 aliphatic rings. The van der Waals surface area contributed by atoms with Gasteiger partial charge >= 0.3 is 0 Å². The van der Waals surface area contributed by atoms with E-state index < -0.39 is 0 Å². The predicted molar refractivity (Wildman–Crippen MR) is 81.8 cm³/mol. The minimum Gasteiger partial charge on any atom is -0.378 e. The molecule has 1 amide bonds. The third-order valence-electron chi connectivity index (χ3n) is 3.10. The summed E-state index contributed by atoms with van der Waals surface area (Å²) in [4.78, 5) is 15.2. The van der Waals surface area contributed by atoms with E-state index in [4.69, 9.17) is 0 Å². The molecule has 1 aromatic carbocycles. The van der Waals surface area contributed by atoms with Gasteiger partial charge in [0.2, 0.25) is 5.91 Å². The summed E-state index contributed by atoms with van der Waals surface area (Å²) < 4.78 is 0. The fraction of sp³-hybridized carbons (Fsp3) is 0.250. The average molecular weight is 269 g/mol. The fourth-order valence-corrected chi connectivity index (χ4v) is 2.04. The van der Waals surface area contributed by atoms with Crippen LogP contribution in [-0.2, 0) is 4.79 Å². The van der Waals surface area contributed by atoms with Gasteiger partial charge < -0.3 is 10.6 Å². The number of benzene rings is 1. The Morgan fingerprint density at radius 1 is 1.30 bits per heavy atom. The summed E-state index contributed by atoms with van der Waals surface area (Å²) in [5, 5.41) is 6.25. The molecule has 2 rings (SSSR count). The van der Waals surface area contributed by atoms with Crippen molar-refractivity contribution in [3.05, 3.63) is 53.9 Å². The molecule has 1 unspecified atom stereocenters. The third-order valence-corrected chi connectivity index (χ3v) is 3.10. The molecule has 2 N–H and O–H groups in total.